The lowest BCUT2D eigenvalue weighted by Gasteiger charge is -2.38. The van der Waals surface area contributed by atoms with E-state index in [1.54, 1.807) is 6.92 Å². The molecule has 2 aromatic carbocycles. The van der Waals surface area contributed by atoms with Crippen molar-refractivity contribution in [2.45, 2.75) is 70.7 Å². The van der Waals surface area contributed by atoms with Crippen molar-refractivity contribution in [1.29, 1.82) is 0 Å². The van der Waals surface area contributed by atoms with Crippen LogP contribution in [0.25, 0.3) is 0 Å². The maximum absolute atomic E-state index is 13.5. The second-order valence-corrected chi connectivity index (χ2v) is 8.32. The van der Waals surface area contributed by atoms with Crippen LogP contribution in [0.5, 0.6) is 0 Å². The fourth-order valence-electron chi connectivity index (χ4n) is 4.40. The van der Waals surface area contributed by atoms with Crippen molar-refractivity contribution >= 4 is 5.91 Å². The number of hydrogen-bond acceptors (Lipinski definition) is 3. The van der Waals surface area contributed by atoms with Gasteiger partial charge in [0.2, 0.25) is 0 Å². The molecule has 1 aliphatic rings. The number of aryl methyl sites for hydroxylation is 1. The number of carbonyl (C=O) groups is 1. The van der Waals surface area contributed by atoms with E-state index in [-0.39, 0.29) is 11.8 Å². The Morgan fingerprint density at radius 1 is 1.06 bits per heavy atom. The predicted molar refractivity (Wildman–Crippen MR) is 125 cm³/mol. The molecule has 2 aromatic rings. The van der Waals surface area contributed by atoms with Gasteiger partial charge >= 0.3 is 0 Å². The summed E-state index contributed by atoms with van der Waals surface area (Å²) in [6, 6.07) is 17.8. The van der Waals surface area contributed by atoms with Crippen LogP contribution in [0, 0.1) is 17.8 Å². The van der Waals surface area contributed by atoms with E-state index in [4.69, 9.17) is 0 Å². The highest BCUT2D eigenvalue weighted by Gasteiger charge is 2.46. The van der Waals surface area contributed by atoms with Gasteiger partial charge in [-0.2, -0.15) is 0 Å². The number of amides is 1. The topological polar surface area (TPSA) is 61.4 Å². The summed E-state index contributed by atoms with van der Waals surface area (Å²) in [5, 5.41) is 18.0. The van der Waals surface area contributed by atoms with Gasteiger partial charge < -0.3 is 10.4 Å². The van der Waals surface area contributed by atoms with E-state index < -0.39 is 11.8 Å². The van der Waals surface area contributed by atoms with E-state index in [2.05, 4.69) is 53.7 Å². The molecule has 1 fully saturated rings. The molecule has 1 saturated carbocycles. The van der Waals surface area contributed by atoms with Gasteiger partial charge in [-0.05, 0) is 42.9 Å². The molecule has 2 unspecified atom stereocenters. The van der Waals surface area contributed by atoms with Gasteiger partial charge in [0.15, 0.2) is 5.60 Å². The third kappa shape index (κ3) is 5.76. The fraction of sp³-hybridized carbons (Fsp3) is 0.444. The van der Waals surface area contributed by atoms with Crippen molar-refractivity contribution in [1.82, 2.24) is 10.6 Å². The van der Waals surface area contributed by atoms with Crippen molar-refractivity contribution in [3.63, 3.8) is 0 Å². The van der Waals surface area contributed by atoms with Gasteiger partial charge in [0.1, 0.15) is 6.17 Å². The largest absolute Gasteiger partial charge is 0.375 e. The third-order valence-electron chi connectivity index (χ3n) is 6.26. The highest BCUT2D eigenvalue weighted by Crippen LogP contribution is 2.39. The summed E-state index contributed by atoms with van der Waals surface area (Å²) in [7, 11) is 0. The van der Waals surface area contributed by atoms with Crippen LogP contribution >= 0.6 is 0 Å². The van der Waals surface area contributed by atoms with E-state index in [9.17, 15) is 9.90 Å². The second kappa shape index (κ2) is 11.1. The molecule has 3 rings (SSSR count). The smallest absolute Gasteiger partial charge is 0.258 e. The van der Waals surface area contributed by atoms with Crippen molar-refractivity contribution < 1.29 is 9.90 Å². The zero-order valence-electron chi connectivity index (χ0n) is 18.7. The molecule has 3 N–H and O–H groups in total. The summed E-state index contributed by atoms with van der Waals surface area (Å²) < 4.78 is 0. The molecule has 1 aliphatic carbocycles. The summed E-state index contributed by atoms with van der Waals surface area (Å²) in [6.45, 7) is 4.47. The van der Waals surface area contributed by atoms with Crippen LogP contribution in [-0.4, -0.2) is 17.2 Å². The maximum Gasteiger partial charge on any atom is 0.258 e. The second-order valence-electron chi connectivity index (χ2n) is 8.32. The molecule has 0 saturated heterocycles. The average molecular weight is 419 g/mol. The van der Waals surface area contributed by atoms with Gasteiger partial charge in [-0.25, -0.2) is 0 Å². The first-order chi connectivity index (χ1) is 15.1. The Morgan fingerprint density at radius 3 is 2.32 bits per heavy atom. The highest BCUT2D eigenvalue weighted by molar-refractivity contribution is 5.87. The number of hydrogen-bond donors (Lipinski definition) is 3. The van der Waals surface area contributed by atoms with Gasteiger partial charge in [0, 0.05) is 12.5 Å². The molecule has 0 spiro atoms. The Morgan fingerprint density at radius 2 is 1.71 bits per heavy atom. The molecule has 0 aromatic heterocycles. The molecular weight excluding hydrogens is 384 g/mol. The van der Waals surface area contributed by atoms with Crippen LogP contribution in [0.2, 0.25) is 0 Å². The first-order valence-electron chi connectivity index (χ1n) is 11.4. The number of carbonyl (C=O) groups excluding carboxylic acids is 1. The van der Waals surface area contributed by atoms with Crippen molar-refractivity contribution in [3.8, 4) is 11.8 Å². The SMILES string of the molecule is CC#CC(NCc1ccc(CC)cc1)NC(=O)C(O)(c1ccccc1)C1CCCCC1. The Hall–Kier alpha value is -2.61. The molecule has 31 heavy (non-hydrogen) atoms. The minimum Gasteiger partial charge on any atom is -0.375 e. The summed E-state index contributed by atoms with van der Waals surface area (Å²) >= 11 is 0. The van der Waals surface area contributed by atoms with Gasteiger partial charge in [-0.3, -0.25) is 10.1 Å². The van der Waals surface area contributed by atoms with E-state index in [1.807, 2.05) is 30.3 Å². The summed E-state index contributed by atoms with van der Waals surface area (Å²) in [4.78, 5) is 13.5. The van der Waals surface area contributed by atoms with Crippen LogP contribution in [-0.2, 0) is 23.4 Å². The molecule has 4 nitrogen and oxygen atoms in total. The van der Waals surface area contributed by atoms with Crippen LogP contribution in [0.1, 0.15) is 62.6 Å². The van der Waals surface area contributed by atoms with Crippen LogP contribution < -0.4 is 10.6 Å². The van der Waals surface area contributed by atoms with Crippen LogP contribution in [0.15, 0.2) is 54.6 Å². The van der Waals surface area contributed by atoms with E-state index >= 15 is 0 Å². The minimum atomic E-state index is -1.56. The van der Waals surface area contributed by atoms with Crippen molar-refractivity contribution in [3.05, 3.63) is 71.3 Å². The molecule has 2 atom stereocenters. The number of rotatable bonds is 8. The fourth-order valence-corrected chi connectivity index (χ4v) is 4.40. The molecule has 0 heterocycles. The lowest BCUT2D eigenvalue weighted by Crippen LogP contribution is -2.55. The Balaban J connectivity index is 1.76. The molecule has 0 radical (unpaired) electrons. The lowest BCUT2D eigenvalue weighted by atomic mass is 9.73. The molecule has 1 amide bonds. The standard InChI is InChI=1S/C27H34N2O2/c1-3-11-25(28-20-22-18-16-21(4-2)17-19-22)29-26(30)27(31,23-12-7-5-8-13-23)24-14-9-6-10-15-24/h5,7-8,12-13,16-19,24-25,28,31H,4,6,9-10,14-15,20H2,1-2H3,(H,29,30). The molecule has 0 aliphatic heterocycles. The number of aliphatic hydroxyl groups is 1. The first kappa shape index (κ1) is 23.1. The van der Waals surface area contributed by atoms with Gasteiger partial charge in [0.05, 0.1) is 0 Å². The van der Waals surface area contributed by atoms with Gasteiger partial charge in [-0.1, -0.05) is 86.7 Å². The molecule has 0 bridgehead atoms. The Kier molecular flexibility index (Phi) is 8.28. The van der Waals surface area contributed by atoms with Gasteiger partial charge in [0.25, 0.3) is 5.91 Å². The van der Waals surface area contributed by atoms with Crippen molar-refractivity contribution in [2.75, 3.05) is 0 Å². The molecule has 4 heteroatoms. The summed E-state index contributed by atoms with van der Waals surface area (Å²) in [5.41, 5.74) is 1.51. The Labute approximate surface area is 186 Å². The quantitative estimate of drug-likeness (QED) is 0.443. The zero-order valence-corrected chi connectivity index (χ0v) is 18.7. The first-order valence-corrected chi connectivity index (χ1v) is 11.4. The zero-order chi connectivity index (χ0) is 22.1. The number of benzene rings is 2. The number of nitrogens with one attached hydrogen (secondary N) is 2. The normalized spacial score (nSPS) is 17.1. The van der Waals surface area contributed by atoms with E-state index in [1.165, 1.54) is 5.56 Å². The van der Waals surface area contributed by atoms with Crippen LogP contribution in [0.4, 0.5) is 0 Å². The van der Waals surface area contributed by atoms with Gasteiger partial charge in [-0.15, -0.1) is 5.92 Å². The highest BCUT2D eigenvalue weighted by atomic mass is 16.3. The average Bonchev–Trinajstić information content (AvgIpc) is 2.83. The minimum absolute atomic E-state index is 0.0968. The lowest BCUT2D eigenvalue weighted by molar-refractivity contribution is -0.150. The predicted octanol–water partition coefficient (Wildman–Crippen LogP) is 4.27. The third-order valence-corrected chi connectivity index (χ3v) is 6.26. The monoisotopic (exact) mass is 418 g/mol. The molecular formula is C27H34N2O2. The van der Waals surface area contributed by atoms with Crippen LogP contribution in [0.3, 0.4) is 0 Å². The summed E-state index contributed by atoms with van der Waals surface area (Å²) in [6.07, 6.45) is 5.40. The van der Waals surface area contributed by atoms with E-state index in [0.29, 0.717) is 12.1 Å². The summed E-state index contributed by atoms with van der Waals surface area (Å²) in [5.74, 6) is 5.44. The Bertz CT molecular complexity index is 892. The molecule has 164 valence electrons. The van der Waals surface area contributed by atoms with Crippen molar-refractivity contribution in [2.24, 2.45) is 5.92 Å². The van der Waals surface area contributed by atoms with E-state index in [0.717, 1.165) is 44.1 Å². The maximum atomic E-state index is 13.5.